The van der Waals surface area contributed by atoms with Crippen LogP contribution in [-0.4, -0.2) is 3.21 Å². The Hall–Kier alpha value is -0.0269. The summed E-state index contributed by atoms with van der Waals surface area (Å²) < 4.78 is 1.64. The van der Waals surface area contributed by atoms with Gasteiger partial charge in [0.25, 0.3) is 0 Å². The van der Waals surface area contributed by atoms with Crippen molar-refractivity contribution in [3.05, 3.63) is 35.4 Å². The molecule has 1 aliphatic carbocycles. The van der Waals surface area contributed by atoms with Crippen molar-refractivity contribution in [3.63, 3.8) is 0 Å². The Labute approximate surface area is 75.6 Å². The zero-order valence-corrected chi connectivity index (χ0v) is 8.18. The van der Waals surface area contributed by atoms with Crippen molar-refractivity contribution in [2.45, 2.75) is 12.8 Å². The zero-order valence-electron chi connectivity index (χ0n) is 5.72. The van der Waals surface area contributed by atoms with E-state index in [1.807, 2.05) is 0 Å². The van der Waals surface area contributed by atoms with Crippen LogP contribution in [0.1, 0.15) is 17.5 Å². The summed E-state index contributed by atoms with van der Waals surface area (Å²) in [6.45, 7) is 0. The molecule has 1 aliphatic rings. The third-order valence-electron chi connectivity index (χ3n) is 1.99. The molecule has 0 amide bonds. The van der Waals surface area contributed by atoms with E-state index < -0.39 is 0 Å². The van der Waals surface area contributed by atoms with E-state index >= 15 is 0 Å². The Kier molecular flexibility index (Phi) is 1.70. The number of hydrogen-bond acceptors (Lipinski definition) is 0. The molecule has 0 saturated heterocycles. The van der Waals surface area contributed by atoms with Crippen molar-refractivity contribution in [1.29, 1.82) is 0 Å². The van der Waals surface area contributed by atoms with E-state index in [4.69, 9.17) is 0 Å². The first-order valence-electron chi connectivity index (χ1n) is 3.53. The first-order chi connectivity index (χ1) is 4.88. The average Bonchev–Trinajstić information content (AvgIpc) is 2.34. The van der Waals surface area contributed by atoms with Crippen LogP contribution in [0.5, 0.6) is 0 Å². The van der Waals surface area contributed by atoms with Gasteiger partial charge in [-0.05, 0) is 0 Å². The predicted octanol–water partition coefficient (Wildman–Crippen LogP) is 1.70. The number of aryl methyl sites for hydroxylation is 1. The monoisotopic (exact) mass is 206 g/mol. The average molecular weight is 207 g/mol. The molecule has 0 fully saturated rings. The van der Waals surface area contributed by atoms with E-state index in [-0.39, 0.29) is 0 Å². The molecule has 0 aromatic heterocycles. The Bertz CT molecular complexity index is 276. The van der Waals surface area contributed by atoms with Crippen LogP contribution < -0.4 is 0 Å². The Morgan fingerprint density at radius 3 is 2.70 bits per heavy atom. The van der Waals surface area contributed by atoms with Crippen LogP contribution in [0.4, 0.5) is 0 Å². The molecule has 0 spiro atoms. The molecule has 0 N–H and O–H groups in total. The van der Waals surface area contributed by atoms with Crippen LogP contribution in [0.25, 0.3) is 0 Å². The van der Waals surface area contributed by atoms with Gasteiger partial charge in [0, 0.05) is 0 Å². The maximum atomic E-state index is 2.24. The molecular formula is C9H8Zr+2. The summed E-state index contributed by atoms with van der Waals surface area (Å²) in [5, 5.41) is 0. The van der Waals surface area contributed by atoms with Gasteiger partial charge in [-0.25, -0.2) is 0 Å². The van der Waals surface area contributed by atoms with Crippen molar-refractivity contribution in [1.82, 2.24) is 0 Å². The van der Waals surface area contributed by atoms with Gasteiger partial charge in [-0.2, -0.15) is 0 Å². The standard InChI is InChI=1S/C9H8.Zr/c1-2-5-9-7-3-6-8(9)4-1;/h1-2,4-5H,3,6H2;/q;+2. The van der Waals surface area contributed by atoms with E-state index in [1.165, 1.54) is 18.4 Å². The predicted molar refractivity (Wildman–Crippen MR) is 38.9 cm³/mol. The Morgan fingerprint density at radius 1 is 1.10 bits per heavy atom. The molecule has 0 bridgehead atoms. The van der Waals surface area contributed by atoms with Crippen LogP contribution in [-0.2, 0) is 30.7 Å². The molecule has 0 atom stereocenters. The Balaban J connectivity index is 2.61. The van der Waals surface area contributed by atoms with Gasteiger partial charge in [0.05, 0.1) is 0 Å². The van der Waals surface area contributed by atoms with Crippen LogP contribution in [0.2, 0.25) is 0 Å². The van der Waals surface area contributed by atoms with Crippen LogP contribution in [0.3, 0.4) is 0 Å². The summed E-state index contributed by atoms with van der Waals surface area (Å²) in [5.74, 6) is 0. The second-order valence-corrected chi connectivity index (χ2v) is 4.12. The molecule has 0 saturated carbocycles. The SMILES string of the molecule is [Zr+2]=[C]1CCc2ccccc21. The van der Waals surface area contributed by atoms with Gasteiger partial charge in [-0.1, -0.05) is 0 Å². The third-order valence-corrected chi connectivity index (χ3v) is 3.26. The van der Waals surface area contributed by atoms with E-state index in [9.17, 15) is 0 Å². The van der Waals surface area contributed by atoms with Gasteiger partial charge in [0.15, 0.2) is 0 Å². The van der Waals surface area contributed by atoms with Crippen molar-refractivity contribution >= 4 is 3.21 Å². The topological polar surface area (TPSA) is 0 Å². The molecule has 0 radical (unpaired) electrons. The molecule has 1 aromatic carbocycles. The van der Waals surface area contributed by atoms with Gasteiger partial charge in [0.1, 0.15) is 0 Å². The minimum absolute atomic E-state index is 1.27. The molecule has 1 aromatic rings. The third kappa shape index (κ3) is 0.972. The fourth-order valence-electron chi connectivity index (χ4n) is 1.43. The molecule has 2 rings (SSSR count). The fourth-order valence-corrected chi connectivity index (χ4v) is 2.33. The molecule has 0 nitrogen and oxygen atoms in total. The molecule has 1 heteroatoms. The number of rotatable bonds is 0. The Morgan fingerprint density at radius 2 is 1.90 bits per heavy atom. The summed E-state index contributed by atoms with van der Waals surface area (Å²) in [4.78, 5) is 0. The minimum atomic E-state index is 1.27. The quantitative estimate of drug-likeness (QED) is 0.607. The summed E-state index contributed by atoms with van der Waals surface area (Å²) in [7, 11) is 0. The molecule has 0 unspecified atom stereocenters. The van der Waals surface area contributed by atoms with E-state index in [2.05, 4.69) is 24.3 Å². The fraction of sp³-hybridized carbons (Fsp3) is 0.222. The maximum absolute atomic E-state index is 2.24. The molecule has 0 heterocycles. The second kappa shape index (κ2) is 2.54. The van der Waals surface area contributed by atoms with E-state index in [0.717, 1.165) is 0 Å². The van der Waals surface area contributed by atoms with Gasteiger partial charge < -0.3 is 0 Å². The van der Waals surface area contributed by atoms with Gasteiger partial charge in [0.2, 0.25) is 0 Å². The molecular weight excluding hydrogens is 199 g/mol. The van der Waals surface area contributed by atoms with Gasteiger partial charge >= 0.3 is 75.7 Å². The van der Waals surface area contributed by atoms with Crippen LogP contribution in [0.15, 0.2) is 24.3 Å². The van der Waals surface area contributed by atoms with Gasteiger partial charge in [-0.3, -0.25) is 0 Å². The number of fused-ring (bicyclic) bond motifs is 1. The summed E-state index contributed by atoms with van der Waals surface area (Å²) in [6, 6.07) is 8.75. The first kappa shape index (κ1) is 6.67. The number of benzene rings is 1. The first-order valence-corrected chi connectivity index (χ1v) is 4.76. The van der Waals surface area contributed by atoms with Crippen molar-refractivity contribution < 1.29 is 24.2 Å². The number of hydrogen-bond donors (Lipinski definition) is 0. The summed E-state index contributed by atoms with van der Waals surface area (Å²) >= 11 is 1.59. The van der Waals surface area contributed by atoms with Crippen LogP contribution >= 0.6 is 0 Å². The van der Waals surface area contributed by atoms with Crippen molar-refractivity contribution in [2.24, 2.45) is 0 Å². The van der Waals surface area contributed by atoms with E-state index in [1.54, 1.807) is 33.0 Å². The summed E-state index contributed by atoms with van der Waals surface area (Å²) in [6.07, 6.45) is 2.58. The van der Waals surface area contributed by atoms with Crippen molar-refractivity contribution in [2.75, 3.05) is 0 Å². The molecule has 0 aliphatic heterocycles. The van der Waals surface area contributed by atoms with Gasteiger partial charge in [-0.15, -0.1) is 0 Å². The van der Waals surface area contributed by atoms with E-state index in [0.29, 0.717) is 0 Å². The van der Waals surface area contributed by atoms with Crippen LogP contribution in [0, 0.1) is 0 Å². The second-order valence-electron chi connectivity index (χ2n) is 2.64. The molecule has 10 heavy (non-hydrogen) atoms. The van der Waals surface area contributed by atoms with Crippen molar-refractivity contribution in [3.8, 4) is 0 Å². The normalized spacial score (nSPS) is 15.6. The summed E-state index contributed by atoms with van der Waals surface area (Å²) in [5.41, 5.74) is 3.08. The molecule has 46 valence electrons. The zero-order chi connectivity index (χ0) is 6.97.